The zero-order chi connectivity index (χ0) is 13.3. The summed E-state index contributed by atoms with van der Waals surface area (Å²) in [5, 5.41) is 1.14. The predicted octanol–water partition coefficient (Wildman–Crippen LogP) is 3.27. The van der Waals surface area contributed by atoms with E-state index >= 15 is 0 Å². The molecule has 1 aromatic carbocycles. The fourth-order valence-corrected chi connectivity index (χ4v) is 2.40. The van der Waals surface area contributed by atoms with Crippen molar-refractivity contribution in [2.24, 2.45) is 0 Å². The molecule has 3 heteroatoms. The summed E-state index contributed by atoms with van der Waals surface area (Å²) in [4.78, 5) is 17.3. The molecule has 3 nitrogen and oxygen atoms in total. The van der Waals surface area contributed by atoms with Gasteiger partial charge in [0, 0.05) is 24.0 Å². The Bertz CT molecular complexity index is 579. The van der Waals surface area contributed by atoms with Crippen LogP contribution < -0.4 is 0 Å². The smallest absolute Gasteiger partial charge is 0.270 e. The van der Waals surface area contributed by atoms with Crippen LogP contribution in [0.1, 0.15) is 35.5 Å². The SMILES string of the molecule is CCN(CC)C(=O)c1cc2c(C)cc(C)cc2[nH]1. The molecule has 0 atom stereocenters. The lowest BCUT2D eigenvalue weighted by Crippen LogP contribution is -2.30. The molecule has 2 aromatic rings. The molecule has 0 bridgehead atoms. The lowest BCUT2D eigenvalue weighted by atomic mass is 10.1. The van der Waals surface area contributed by atoms with Gasteiger partial charge in [-0.1, -0.05) is 6.07 Å². The zero-order valence-corrected chi connectivity index (χ0v) is 11.5. The Kier molecular flexibility index (Phi) is 3.41. The minimum atomic E-state index is 0.0771. The first-order valence-corrected chi connectivity index (χ1v) is 6.46. The van der Waals surface area contributed by atoms with Gasteiger partial charge in [-0.3, -0.25) is 4.79 Å². The molecule has 1 aromatic heterocycles. The van der Waals surface area contributed by atoms with Crippen LogP contribution in [0, 0.1) is 13.8 Å². The zero-order valence-electron chi connectivity index (χ0n) is 11.5. The summed E-state index contributed by atoms with van der Waals surface area (Å²) in [5.41, 5.74) is 4.15. The molecule has 0 unspecified atom stereocenters. The van der Waals surface area contributed by atoms with Gasteiger partial charge in [-0.25, -0.2) is 0 Å². The van der Waals surface area contributed by atoms with Crippen molar-refractivity contribution < 1.29 is 4.79 Å². The quantitative estimate of drug-likeness (QED) is 0.883. The van der Waals surface area contributed by atoms with E-state index < -0.39 is 0 Å². The first-order valence-electron chi connectivity index (χ1n) is 6.46. The van der Waals surface area contributed by atoms with Gasteiger partial charge >= 0.3 is 0 Å². The van der Waals surface area contributed by atoms with E-state index in [0.717, 1.165) is 24.0 Å². The molecule has 18 heavy (non-hydrogen) atoms. The maximum Gasteiger partial charge on any atom is 0.270 e. The Morgan fingerprint density at radius 3 is 2.44 bits per heavy atom. The van der Waals surface area contributed by atoms with Gasteiger partial charge in [0.15, 0.2) is 0 Å². The number of nitrogens with one attached hydrogen (secondary N) is 1. The largest absolute Gasteiger partial charge is 0.351 e. The summed E-state index contributed by atoms with van der Waals surface area (Å²) >= 11 is 0. The Hall–Kier alpha value is -1.77. The number of carbonyl (C=O) groups excluding carboxylic acids is 1. The number of fused-ring (bicyclic) bond motifs is 1. The molecule has 0 saturated heterocycles. The Morgan fingerprint density at radius 2 is 1.83 bits per heavy atom. The standard InChI is InChI=1S/C15H20N2O/c1-5-17(6-2)15(18)14-9-12-11(4)7-10(3)8-13(12)16-14/h7-9,16H,5-6H2,1-4H3. The second-order valence-electron chi connectivity index (χ2n) is 4.70. The van der Waals surface area contributed by atoms with Crippen LogP contribution in [0.4, 0.5) is 0 Å². The minimum absolute atomic E-state index is 0.0771. The van der Waals surface area contributed by atoms with Crippen molar-refractivity contribution in [3.8, 4) is 0 Å². The van der Waals surface area contributed by atoms with Crippen LogP contribution >= 0.6 is 0 Å². The van der Waals surface area contributed by atoms with Crippen LogP contribution in [0.3, 0.4) is 0 Å². The minimum Gasteiger partial charge on any atom is -0.351 e. The molecule has 0 radical (unpaired) electrons. The number of rotatable bonds is 3. The van der Waals surface area contributed by atoms with Gasteiger partial charge < -0.3 is 9.88 Å². The normalized spacial score (nSPS) is 10.9. The van der Waals surface area contributed by atoms with Crippen molar-refractivity contribution in [3.63, 3.8) is 0 Å². The molecule has 0 saturated carbocycles. The summed E-state index contributed by atoms with van der Waals surface area (Å²) in [6, 6.07) is 6.19. The average molecular weight is 244 g/mol. The number of hydrogen-bond donors (Lipinski definition) is 1. The van der Waals surface area contributed by atoms with Gasteiger partial charge in [-0.05, 0) is 51.0 Å². The van der Waals surface area contributed by atoms with E-state index in [4.69, 9.17) is 0 Å². The van der Waals surface area contributed by atoms with Crippen molar-refractivity contribution in [1.29, 1.82) is 0 Å². The summed E-state index contributed by atoms with van der Waals surface area (Å²) in [5.74, 6) is 0.0771. The number of carbonyl (C=O) groups is 1. The maximum absolute atomic E-state index is 12.3. The number of aromatic nitrogens is 1. The highest BCUT2D eigenvalue weighted by atomic mass is 16.2. The van der Waals surface area contributed by atoms with E-state index in [-0.39, 0.29) is 5.91 Å². The highest BCUT2D eigenvalue weighted by molar-refractivity contribution is 5.99. The third kappa shape index (κ3) is 2.13. The van der Waals surface area contributed by atoms with Crippen LogP contribution in [0.15, 0.2) is 18.2 Å². The van der Waals surface area contributed by atoms with E-state index in [2.05, 4.69) is 31.0 Å². The lowest BCUT2D eigenvalue weighted by Gasteiger charge is -2.17. The molecule has 0 aliphatic rings. The number of amides is 1. The summed E-state index contributed by atoms with van der Waals surface area (Å²) in [6.45, 7) is 9.62. The van der Waals surface area contributed by atoms with Gasteiger partial charge in [-0.2, -0.15) is 0 Å². The molecular formula is C15H20N2O. The molecule has 96 valence electrons. The first-order chi connectivity index (χ1) is 8.56. The molecule has 0 fully saturated rings. The number of aromatic amines is 1. The number of nitrogens with zero attached hydrogens (tertiary/aromatic N) is 1. The van der Waals surface area contributed by atoms with Crippen molar-refractivity contribution in [1.82, 2.24) is 9.88 Å². The summed E-state index contributed by atoms with van der Waals surface area (Å²) in [7, 11) is 0. The van der Waals surface area contributed by atoms with Gasteiger partial charge in [0.1, 0.15) is 5.69 Å². The topological polar surface area (TPSA) is 36.1 Å². The maximum atomic E-state index is 12.3. The highest BCUT2D eigenvalue weighted by Crippen LogP contribution is 2.22. The van der Waals surface area contributed by atoms with Gasteiger partial charge in [0.25, 0.3) is 5.91 Å². The number of aryl methyl sites for hydroxylation is 2. The molecular weight excluding hydrogens is 224 g/mol. The molecule has 0 spiro atoms. The third-order valence-electron chi connectivity index (χ3n) is 3.37. The molecule has 0 aliphatic carbocycles. The lowest BCUT2D eigenvalue weighted by molar-refractivity contribution is 0.0768. The summed E-state index contributed by atoms with van der Waals surface area (Å²) in [6.07, 6.45) is 0. The first kappa shape index (κ1) is 12.7. The number of hydrogen-bond acceptors (Lipinski definition) is 1. The van der Waals surface area contributed by atoms with Gasteiger partial charge in [-0.15, -0.1) is 0 Å². The van der Waals surface area contributed by atoms with Crippen molar-refractivity contribution >= 4 is 16.8 Å². The van der Waals surface area contributed by atoms with Crippen LogP contribution in [-0.4, -0.2) is 28.9 Å². The van der Waals surface area contributed by atoms with E-state index in [1.807, 2.05) is 24.8 Å². The second-order valence-corrected chi connectivity index (χ2v) is 4.70. The molecule has 1 amide bonds. The van der Waals surface area contributed by atoms with Crippen molar-refractivity contribution in [3.05, 3.63) is 35.0 Å². The molecule has 1 N–H and O–H groups in total. The fourth-order valence-electron chi connectivity index (χ4n) is 2.40. The van der Waals surface area contributed by atoms with Crippen LogP contribution in [0.25, 0.3) is 10.9 Å². The van der Waals surface area contributed by atoms with E-state index in [1.54, 1.807) is 0 Å². The third-order valence-corrected chi connectivity index (χ3v) is 3.37. The van der Waals surface area contributed by atoms with E-state index in [9.17, 15) is 4.79 Å². The molecule has 1 heterocycles. The monoisotopic (exact) mass is 244 g/mol. The highest BCUT2D eigenvalue weighted by Gasteiger charge is 2.15. The predicted molar refractivity (Wildman–Crippen MR) is 75.0 cm³/mol. The van der Waals surface area contributed by atoms with Crippen molar-refractivity contribution in [2.45, 2.75) is 27.7 Å². The van der Waals surface area contributed by atoms with Crippen LogP contribution in [-0.2, 0) is 0 Å². The summed E-state index contributed by atoms with van der Waals surface area (Å²) < 4.78 is 0. The Morgan fingerprint density at radius 1 is 1.17 bits per heavy atom. The van der Waals surface area contributed by atoms with Crippen LogP contribution in [0.2, 0.25) is 0 Å². The molecule has 2 rings (SSSR count). The number of H-pyrrole nitrogens is 1. The van der Waals surface area contributed by atoms with Gasteiger partial charge in [0.2, 0.25) is 0 Å². The Balaban J connectivity index is 2.47. The Labute approximate surface area is 108 Å². The van der Waals surface area contributed by atoms with E-state index in [0.29, 0.717) is 5.69 Å². The van der Waals surface area contributed by atoms with E-state index in [1.165, 1.54) is 11.1 Å². The van der Waals surface area contributed by atoms with Gasteiger partial charge in [0.05, 0.1) is 0 Å². The van der Waals surface area contributed by atoms with Crippen molar-refractivity contribution in [2.75, 3.05) is 13.1 Å². The van der Waals surface area contributed by atoms with Crippen LogP contribution in [0.5, 0.6) is 0 Å². The average Bonchev–Trinajstić information content (AvgIpc) is 2.74. The second kappa shape index (κ2) is 4.84. The molecule has 0 aliphatic heterocycles. The fraction of sp³-hybridized carbons (Fsp3) is 0.400. The number of benzene rings is 1.